The van der Waals surface area contributed by atoms with Crippen molar-refractivity contribution in [2.24, 2.45) is 0 Å². The Hall–Kier alpha value is -1.53. The minimum absolute atomic E-state index is 0.0920. The summed E-state index contributed by atoms with van der Waals surface area (Å²) >= 11 is 5.82. The summed E-state index contributed by atoms with van der Waals surface area (Å²) in [5, 5.41) is 3.03. The Morgan fingerprint density at radius 1 is 1.56 bits per heavy atom. The maximum absolute atomic E-state index is 12.8. The molecule has 0 aromatic heterocycles. The van der Waals surface area contributed by atoms with E-state index in [1.54, 1.807) is 0 Å². The molecule has 0 unspecified atom stereocenters. The van der Waals surface area contributed by atoms with Crippen molar-refractivity contribution in [3.8, 4) is 11.8 Å². The lowest BCUT2D eigenvalue weighted by Gasteiger charge is -1.96. The van der Waals surface area contributed by atoms with Gasteiger partial charge in [0.1, 0.15) is 5.82 Å². The van der Waals surface area contributed by atoms with E-state index in [1.807, 2.05) is 0 Å². The van der Waals surface area contributed by atoms with Crippen LogP contribution in [0.15, 0.2) is 18.2 Å². The van der Waals surface area contributed by atoms with Crippen LogP contribution >= 0.6 is 11.6 Å². The molecular weight excluding hydrogens is 229 g/mol. The van der Waals surface area contributed by atoms with Gasteiger partial charge in [0, 0.05) is 25.5 Å². The number of nitrogens with one attached hydrogen (secondary N) is 1. The monoisotopic (exact) mass is 239 g/mol. The van der Waals surface area contributed by atoms with Crippen LogP contribution in [0.5, 0.6) is 0 Å². The first-order valence-corrected chi connectivity index (χ1v) is 5.16. The molecule has 0 saturated carbocycles. The second-order valence-electron chi connectivity index (χ2n) is 3.16. The molecule has 0 heterocycles. The van der Waals surface area contributed by atoms with Crippen LogP contribution in [0.1, 0.15) is 18.9 Å². The summed E-state index contributed by atoms with van der Waals surface area (Å²) < 4.78 is 12.8. The number of rotatable bonds is 2. The SMILES string of the molecule is CC(=O)NCCC#Cc1cc(F)ccc1Cl. The molecule has 0 saturated heterocycles. The molecule has 4 heteroatoms. The normalized spacial score (nSPS) is 9.19. The quantitative estimate of drug-likeness (QED) is 0.623. The lowest BCUT2D eigenvalue weighted by molar-refractivity contribution is -0.118. The maximum atomic E-state index is 12.8. The minimum Gasteiger partial charge on any atom is -0.355 e. The molecule has 0 atom stereocenters. The Bertz CT molecular complexity index is 448. The van der Waals surface area contributed by atoms with Gasteiger partial charge < -0.3 is 5.32 Å². The molecule has 0 spiro atoms. The van der Waals surface area contributed by atoms with Crippen molar-refractivity contribution in [3.63, 3.8) is 0 Å². The van der Waals surface area contributed by atoms with Gasteiger partial charge in [-0.25, -0.2) is 4.39 Å². The third-order valence-corrected chi connectivity index (χ3v) is 2.10. The number of halogens is 2. The fraction of sp³-hybridized carbons (Fsp3) is 0.250. The molecule has 1 aromatic rings. The van der Waals surface area contributed by atoms with Crippen molar-refractivity contribution in [1.29, 1.82) is 0 Å². The van der Waals surface area contributed by atoms with Crippen molar-refractivity contribution in [3.05, 3.63) is 34.6 Å². The second-order valence-corrected chi connectivity index (χ2v) is 3.57. The fourth-order valence-electron chi connectivity index (χ4n) is 1.05. The number of amides is 1. The number of benzene rings is 1. The summed E-state index contributed by atoms with van der Waals surface area (Å²) in [5.74, 6) is 5.11. The van der Waals surface area contributed by atoms with E-state index in [0.717, 1.165) is 0 Å². The van der Waals surface area contributed by atoms with Gasteiger partial charge in [0.25, 0.3) is 0 Å². The number of carbonyl (C=O) groups excluding carboxylic acids is 1. The highest BCUT2D eigenvalue weighted by atomic mass is 35.5. The zero-order valence-electron chi connectivity index (χ0n) is 8.81. The van der Waals surface area contributed by atoms with Gasteiger partial charge in [-0.2, -0.15) is 0 Å². The molecule has 0 aliphatic rings. The lowest BCUT2D eigenvalue weighted by atomic mass is 10.2. The van der Waals surface area contributed by atoms with Gasteiger partial charge in [-0.1, -0.05) is 23.4 Å². The summed E-state index contributed by atoms with van der Waals surface area (Å²) in [6.45, 7) is 1.92. The number of carbonyl (C=O) groups is 1. The first-order valence-electron chi connectivity index (χ1n) is 4.78. The molecule has 1 amide bonds. The lowest BCUT2D eigenvalue weighted by Crippen LogP contribution is -2.20. The zero-order chi connectivity index (χ0) is 12.0. The Labute approximate surface area is 98.8 Å². The highest BCUT2D eigenvalue weighted by Crippen LogP contribution is 2.15. The first-order chi connectivity index (χ1) is 7.59. The summed E-state index contributed by atoms with van der Waals surface area (Å²) in [4.78, 5) is 10.5. The van der Waals surface area contributed by atoms with Crippen LogP contribution in [0, 0.1) is 17.7 Å². The number of hydrogen-bond donors (Lipinski definition) is 1. The van der Waals surface area contributed by atoms with Crippen molar-refractivity contribution in [1.82, 2.24) is 5.32 Å². The van der Waals surface area contributed by atoms with Crippen molar-refractivity contribution < 1.29 is 9.18 Å². The maximum Gasteiger partial charge on any atom is 0.216 e. The largest absolute Gasteiger partial charge is 0.355 e. The van der Waals surface area contributed by atoms with Crippen LogP contribution in [-0.4, -0.2) is 12.5 Å². The fourth-order valence-corrected chi connectivity index (χ4v) is 1.22. The number of hydrogen-bond acceptors (Lipinski definition) is 1. The molecule has 0 radical (unpaired) electrons. The van der Waals surface area contributed by atoms with Gasteiger partial charge >= 0.3 is 0 Å². The van der Waals surface area contributed by atoms with Crippen molar-refractivity contribution in [2.45, 2.75) is 13.3 Å². The third kappa shape index (κ3) is 4.33. The molecule has 1 aromatic carbocycles. The molecule has 0 bridgehead atoms. The van der Waals surface area contributed by atoms with Crippen LogP contribution in [-0.2, 0) is 4.79 Å². The van der Waals surface area contributed by atoms with Crippen LogP contribution < -0.4 is 5.32 Å². The molecular formula is C12H11ClFNO. The Morgan fingerprint density at radius 3 is 3.00 bits per heavy atom. The molecule has 0 aliphatic heterocycles. The van der Waals surface area contributed by atoms with Gasteiger partial charge in [-0.15, -0.1) is 0 Å². The zero-order valence-corrected chi connectivity index (χ0v) is 9.57. The highest BCUT2D eigenvalue weighted by molar-refractivity contribution is 6.31. The predicted octanol–water partition coefficient (Wildman–Crippen LogP) is 2.36. The Balaban J connectivity index is 2.56. The van der Waals surface area contributed by atoms with E-state index in [1.165, 1.54) is 25.1 Å². The van der Waals surface area contributed by atoms with E-state index < -0.39 is 0 Å². The van der Waals surface area contributed by atoms with Gasteiger partial charge in [0.2, 0.25) is 5.91 Å². The molecule has 2 nitrogen and oxygen atoms in total. The Kier molecular flexibility index (Phi) is 4.81. The van der Waals surface area contributed by atoms with Crippen molar-refractivity contribution >= 4 is 17.5 Å². The van der Waals surface area contributed by atoms with Crippen molar-refractivity contribution in [2.75, 3.05) is 6.54 Å². The highest BCUT2D eigenvalue weighted by Gasteiger charge is 1.97. The smallest absolute Gasteiger partial charge is 0.216 e. The standard InChI is InChI=1S/C12H11ClFNO/c1-9(16)15-7-3-2-4-10-8-11(14)5-6-12(10)13/h5-6,8H,3,7H2,1H3,(H,15,16). The first kappa shape index (κ1) is 12.5. The predicted molar refractivity (Wildman–Crippen MR) is 61.6 cm³/mol. The molecule has 1 rings (SSSR count). The van der Waals surface area contributed by atoms with E-state index in [0.29, 0.717) is 23.6 Å². The third-order valence-electron chi connectivity index (χ3n) is 1.78. The van der Waals surface area contributed by atoms with Crippen LogP contribution in [0.4, 0.5) is 4.39 Å². The van der Waals surface area contributed by atoms with Crippen LogP contribution in [0.3, 0.4) is 0 Å². The van der Waals surface area contributed by atoms with E-state index in [9.17, 15) is 9.18 Å². The van der Waals surface area contributed by atoms with Crippen LogP contribution in [0.2, 0.25) is 5.02 Å². The minimum atomic E-state index is -0.365. The Morgan fingerprint density at radius 2 is 2.31 bits per heavy atom. The molecule has 0 aliphatic carbocycles. The van der Waals surface area contributed by atoms with Gasteiger partial charge in [-0.05, 0) is 18.2 Å². The summed E-state index contributed by atoms with van der Waals surface area (Å²) in [7, 11) is 0. The van der Waals surface area contributed by atoms with E-state index >= 15 is 0 Å². The molecule has 16 heavy (non-hydrogen) atoms. The van der Waals surface area contributed by atoms with Crippen LogP contribution in [0.25, 0.3) is 0 Å². The van der Waals surface area contributed by atoms with E-state index in [-0.39, 0.29) is 11.7 Å². The molecule has 1 N–H and O–H groups in total. The van der Waals surface area contributed by atoms with Gasteiger partial charge in [0.15, 0.2) is 0 Å². The summed E-state index contributed by atoms with van der Waals surface area (Å²) in [6.07, 6.45) is 0.506. The summed E-state index contributed by atoms with van der Waals surface area (Å²) in [5.41, 5.74) is 0.462. The summed E-state index contributed by atoms with van der Waals surface area (Å²) in [6, 6.07) is 4.03. The molecule has 84 valence electrons. The molecule has 0 fully saturated rings. The second kappa shape index (κ2) is 6.14. The van der Waals surface area contributed by atoms with E-state index in [2.05, 4.69) is 17.2 Å². The topological polar surface area (TPSA) is 29.1 Å². The average molecular weight is 240 g/mol. The van der Waals surface area contributed by atoms with Gasteiger partial charge in [0.05, 0.1) is 5.02 Å². The van der Waals surface area contributed by atoms with E-state index in [4.69, 9.17) is 11.6 Å². The van der Waals surface area contributed by atoms with Gasteiger partial charge in [-0.3, -0.25) is 4.79 Å². The average Bonchev–Trinajstić information content (AvgIpc) is 2.22.